The van der Waals surface area contributed by atoms with Crippen molar-refractivity contribution in [2.45, 2.75) is 26.8 Å². The third-order valence-corrected chi connectivity index (χ3v) is 2.72. The number of aryl methyl sites for hydroxylation is 1. The van der Waals surface area contributed by atoms with Gasteiger partial charge in [-0.25, -0.2) is 4.98 Å². The monoisotopic (exact) mass is 218 g/mol. The Kier molecular flexibility index (Phi) is 3.51. The molecule has 0 spiro atoms. The van der Waals surface area contributed by atoms with E-state index in [1.165, 1.54) is 5.52 Å². The predicted molar refractivity (Wildman–Crippen MR) is 65.4 cm³/mol. The van der Waals surface area contributed by atoms with E-state index in [0.717, 1.165) is 37.4 Å². The highest BCUT2D eigenvalue weighted by atomic mass is 15.1. The second kappa shape index (κ2) is 5.07. The number of rotatable bonds is 5. The first-order valence-corrected chi connectivity index (χ1v) is 5.86. The first-order valence-electron chi connectivity index (χ1n) is 5.86. The summed E-state index contributed by atoms with van der Waals surface area (Å²) in [5.74, 6) is 1.14. The van der Waals surface area contributed by atoms with Crippen LogP contribution in [0.1, 0.15) is 19.7 Å². The molecule has 1 N–H and O–H groups in total. The maximum absolute atomic E-state index is 4.62. The molecule has 2 heterocycles. The lowest BCUT2D eigenvalue weighted by Crippen LogP contribution is -2.18. The van der Waals surface area contributed by atoms with Gasteiger partial charge in [0.15, 0.2) is 0 Å². The fraction of sp³-hybridized carbons (Fsp3) is 0.500. The van der Waals surface area contributed by atoms with Gasteiger partial charge in [0, 0.05) is 25.7 Å². The summed E-state index contributed by atoms with van der Waals surface area (Å²) in [7, 11) is 0. The summed E-state index contributed by atoms with van der Waals surface area (Å²) >= 11 is 0. The Labute approximate surface area is 95.7 Å². The number of nitrogens with zero attached hydrogens (tertiary/aromatic N) is 3. The summed E-state index contributed by atoms with van der Waals surface area (Å²) in [6.45, 7) is 7.22. The van der Waals surface area contributed by atoms with Gasteiger partial charge in [0.2, 0.25) is 0 Å². The Morgan fingerprint density at radius 1 is 1.38 bits per heavy atom. The van der Waals surface area contributed by atoms with Crippen molar-refractivity contribution in [3.63, 3.8) is 0 Å². The zero-order valence-corrected chi connectivity index (χ0v) is 9.90. The van der Waals surface area contributed by atoms with Gasteiger partial charge in [0.1, 0.15) is 11.3 Å². The predicted octanol–water partition coefficient (Wildman–Crippen LogP) is 1.60. The summed E-state index contributed by atoms with van der Waals surface area (Å²) in [4.78, 5) is 8.72. The van der Waals surface area contributed by atoms with Crippen molar-refractivity contribution in [3.05, 3.63) is 24.3 Å². The van der Waals surface area contributed by atoms with Crippen molar-refractivity contribution >= 4 is 11.0 Å². The van der Waals surface area contributed by atoms with Crippen LogP contribution in [0.5, 0.6) is 0 Å². The molecule has 0 unspecified atom stereocenters. The fourth-order valence-corrected chi connectivity index (χ4v) is 1.95. The van der Waals surface area contributed by atoms with Gasteiger partial charge in [-0.05, 0) is 19.5 Å². The van der Waals surface area contributed by atoms with E-state index >= 15 is 0 Å². The third kappa shape index (κ3) is 2.07. The Morgan fingerprint density at radius 2 is 2.25 bits per heavy atom. The lowest BCUT2D eigenvalue weighted by molar-refractivity contribution is 0.655. The highest BCUT2D eigenvalue weighted by Crippen LogP contribution is 2.14. The van der Waals surface area contributed by atoms with Gasteiger partial charge < -0.3 is 9.88 Å². The van der Waals surface area contributed by atoms with Gasteiger partial charge in [-0.15, -0.1) is 0 Å². The van der Waals surface area contributed by atoms with Crippen LogP contribution in [0.4, 0.5) is 0 Å². The minimum atomic E-state index is 0.960. The van der Waals surface area contributed by atoms with Crippen molar-refractivity contribution in [3.8, 4) is 0 Å². The largest absolute Gasteiger partial charge is 0.328 e. The normalized spacial score (nSPS) is 11.1. The van der Waals surface area contributed by atoms with Crippen LogP contribution in [-0.4, -0.2) is 27.6 Å². The summed E-state index contributed by atoms with van der Waals surface area (Å²) in [5.41, 5.74) is 2.18. The summed E-state index contributed by atoms with van der Waals surface area (Å²) in [6, 6.07) is 2.03. The van der Waals surface area contributed by atoms with Gasteiger partial charge in [0.25, 0.3) is 0 Å². The van der Waals surface area contributed by atoms with Crippen LogP contribution < -0.4 is 5.32 Å². The van der Waals surface area contributed by atoms with Gasteiger partial charge in [-0.3, -0.25) is 4.98 Å². The smallest absolute Gasteiger partial charge is 0.111 e. The molecule has 0 aliphatic carbocycles. The van der Waals surface area contributed by atoms with Crippen molar-refractivity contribution in [2.24, 2.45) is 0 Å². The SMILES string of the molecule is CCNCCc1nc2cnccc2n1CC. The quantitative estimate of drug-likeness (QED) is 0.775. The Morgan fingerprint density at radius 3 is 3.00 bits per heavy atom. The molecule has 86 valence electrons. The maximum atomic E-state index is 4.62. The van der Waals surface area contributed by atoms with Crippen LogP contribution in [0.3, 0.4) is 0 Å². The topological polar surface area (TPSA) is 42.7 Å². The van der Waals surface area contributed by atoms with E-state index in [2.05, 4.69) is 33.7 Å². The van der Waals surface area contributed by atoms with Gasteiger partial charge in [0.05, 0.1) is 11.7 Å². The minimum Gasteiger partial charge on any atom is -0.328 e. The Hall–Kier alpha value is -1.42. The van der Waals surface area contributed by atoms with Crippen LogP contribution in [0.15, 0.2) is 18.5 Å². The Bertz CT molecular complexity index is 461. The van der Waals surface area contributed by atoms with Crippen molar-refractivity contribution in [2.75, 3.05) is 13.1 Å². The molecular formula is C12H18N4. The highest BCUT2D eigenvalue weighted by molar-refractivity contribution is 5.74. The number of nitrogens with one attached hydrogen (secondary N) is 1. The maximum Gasteiger partial charge on any atom is 0.111 e. The molecule has 16 heavy (non-hydrogen) atoms. The molecule has 0 radical (unpaired) electrons. The minimum absolute atomic E-state index is 0.960. The van der Waals surface area contributed by atoms with E-state index in [1.807, 2.05) is 18.5 Å². The van der Waals surface area contributed by atoms with Gasteiger partial charge in [-0.2, -0.15) is 0 Å². The molecular weight excluding hydrogens is 200 g/mol. The number of pyridine rings is 1. The van der Waals surface area contributed by atoms with E-state index in [4.69, 9.17) is 0 Å². The first-order chi connectivity index (χ1) is 7.86. The van der Waals surface area contributed by atoms with E-state index in [0.29, 0.717) is 0 Å². The average Bonchev–Trinajstić information content (AvgIpc) is 2.67. The van der Waals surface area contributed by atoms with Gasteiger partial charge in [-0.1, -0.05) is 6.92 Å². The molecule has 0 saturated carbocycles. The zero-order valence-electron chi connectivity index (χ0n) is 9.90. The van der Waals surface area contributed by atoms with E-state index in [-0.39, 0.29) is 0 Å². The average molecular weight is 218 g/mol. The van der Waals surface area contributed by atoms with E-state index in [9.17, 15) is 0 Å². The first kappa shape index (κ1) is 11.1. The molecule has 2 aromatic heterocycles. The third-order valence-electron chi connectivity index (χ3n) is 2.72. The molecule has 0 saturated heterocycles. The van der Waals surface area contributed by atoms with E-state index < -0.39 is 0 Å². The van der Waals surface area contributed by atoms with E-state index in [1.54, 1.807) is 0 Å². The number of fused-ring (bicyclic) bond motifs is 1. The number of imidazole rings is 1. The summed E-state index contributed by atoms with van der Waals surface area (Å²) in [6.07, 6.45) is 4.62. The lowest BCUT2D eigenvalue weighted by atomic mass is 10.4. The number of hydrogen-bond donors (Lipinski definition) is 1. The molecule has 4 nitrogen and oxygen atoms in total. The number of aromatic nitrogens is 3. The van der Waals surface area contributed by atoms with Crippen molar-refractivity contribution in [1.82, 2.24) is 19.9 Å². The van der Waals surface area contributed by atoms with Crippen LogP contribution in [0.2, 0.25) is 0 Å². The standard InChI is InChI=1S/C12H18N4/c1-3-13-8-6-12-15-10-9-14-7-5-11(10)16(12)4-2/h5,7,9,13H,3-4,6,8H2,1-2H3. The fourth-order valence-electron chi connectivity index (χ4n) is 1.95. The Balaban J connectivity index is 2.29. The summed E-state index contributed by atoms with van der Waals surface area (Å²) < 4.78 is 2.26. The second-order valence-corrected chi connectivity index (χ2v) is 3.74. The number of hydrogen-bond acceptors (Lipinski definition) is 3. The van der Waals surface area contributed by atoms with Crippen LogP contribution >= 0.6 is 0 Å². The molecule has 0 aliphatic heterocycles. The molecule has 4 heteroatoms. The number of likely N-dealkylation sites (N-methyl/N-ethyl adjacent to an activating group) is 1. The second-order valence-electron chi connectivity index (χ2n) is 3.74. The summed E-state index contributed by atoms with van der Waals surface area (Å²) in [5, 5.41) is 3.32. The molecule has 2 aromatic rings. The zero-order chi connectivity index (χ0) is 11.4. The van der Waals surface area contributed by atoms with Gasteiger partial charge >= 0.3 is 0 Å². The molecule has 0 atom stereocenters. The van der Waals surface area contributed by atoms with Crippen LogP contribution in [0.25, 0.3) is 11.0 Å². The lowest BCUT2D eigenvalue weighted by Gasteiger charge is -2.05. The van der Waals surface area contributed by atoms with Crippen molar-refractivity contribution in [1.29, 1.82) is 0 Å². The molecule has 0 bridgehead atoms. The van der Waals surface area contributed by atoms with Crippen LogP contribution in [-0.2, 0) is 13.0 Å². The molecule has 0 aromatic carbocycles. The highest BCUT2D eigenvalue weighted by Gasteiger charge is 2.08. The molecule has 0 fully saturated rings. The molecule has 0 amide bonds. The van der Waals surface area contributed by atoms with Crippen LogP contribution in [0, 0.1) is 0 Å². The van der Waals surface area contributed by atoms with Crippen molar-refractivity contribution < 1.29 is 0 Å². The molecule has 0 aliphatic rings. The molecule has 2 rings (SSSR count).